The Kier molecular flexibility index (Phi) is 6.52. The number of aromatic nitrogens is 8. The first-order chi connectivity index (χ1) is 21.7. The van der Waals surface area contributed by atoms with E-state index in [1.54, 1.807) is 0 Å². The van der Waals surface area contributed by atoms with E-state index in [4.69, 9.17) is 33.4 Å². The van der Waals surface area contributed by atoms with Gasteiger partial charge >= 0.3 is 36.0 Å². The van der Waals surface area contributed by atoms with Gasteiger partial charge in [0.05, 0.1) is 0 Å². The Hall–Kier alpha value is -5.16. The molecule has 4 aromatic carbocycles. The predicted molar refractivity (Wildman–Crippen MR) is 176 cm³/mol. The number of hydrogen-bond acceptors (Lipinski definition) is 7. The van der Waals surface area contributed by atoms with Gasteiger partial charge in [0.25, 0.3) is 0 Å². The molecule has 10 heteroatoms. The van der Waals surface area contributed by atoms with Gasteiger partial charge in [0.15, 0.2) is 23.3 Å². The van der Waals surface area contributed by atoms with E-state index in [2.05, 4.69) is 9.97 Å². The summed E-state index contributed by atoms with van der Waals surface area (Å²) >= 11 is 0.613. The third kappa shape index (κ3) is 4.39. The van der Waals surface area contributed by atoms with Crippen LogP contribution in [0.25, 0.3) is 89.7 Å². The Balaban J connectivity index is 0.000000684. The summed E-state index contributed by atoms with van der Waals surface area (Å²) in [5.41, 5.74) is 6.45. The number of benzene rings is 4. The maximum absolute atomic E-state index is 5.02. The molecule has 210 valence electrons. The van der Waals surface area contributed by atoms with Gasteiger partial charge in [-0.05, 0) is 0 Å². The van der Waals surface area contributed by atoms with Crippen LogP contribution in [-0.4, -0.2) is 65.4 Å². The molecule has 0 amide bonds. The Labute approximate surface area is 261 Å². The van der Waals surface area contributed by atoms with Crippen LogP contribution >= 0.6 is 0 Å². The van der Waals surface area contributed by atoms with E-state index >= 15 is 0 Å². The summed E-state index contributed by atoms with van der Waals surface area (Å²) in [5.74, 6) is 2.39. The first-order valence-electron chi connectivity index (χ1n) is 14.4. The minimum absolute atomic E-state index is 0.597. The molecule has 9 rings (SSSR count). The monoisotopic (exact) mass is 630 g/mol. The van der Waals surface area contributed by atoms with Gasteiger partial charge in [0, 0.05) is 43.8 Å². The van der Waals surface area contributed by atoms with Crippen molar-refractivity contribution in [3.8, 4) is 45.6 Å². The molecular weight excluding hydrogens is 606 g/mol. The SMILES string of the molecule is CC[O][GaH2].c1ccc2c(c1)-c1nc-2nc2[nH]c(nc3nc(nc4[nH]c(n1)c1ccccc41)-c1ccccc1-3)c1ccccc21. The zero-order chi connectivity index (χ0) is 29.6. The van der Waals surface area contributed by atoms with Crippen molar-refractivity contribution in [1.82, 2.24) is 39.9 Å². The molecule has 9 nitrogen and oxygen atoms in total. The molecule has 0 spiro atoms. The molecule has 5 heterocycles. The van der Waals surface area contributed by atoms with Crippen molar-refractivity contribution in [2.45, 2.75) is 6.92 Å². The average Bonchev–Trinajstić information content (AvgIpc) is 3.81. The van der Waals surface area contributed by atoms with Crippen LogP contribution in [0.2, 0.25) is 0 Å². The maximum atomic E-state index is 5.02. The molecule has 7 aromatic rings. The van der Waals surface area contributed by atoms with E-state index in [9.17, 15) is 0 Å². The van der Waals surface area contributed by atoms with Gasteiger partial charge in [-0.2, -0.15) is 0 Å². The van der Waals surface area contributed by atoms with E-state index in [1.807, 2.05) is 104 Å². The van der Waals surface area contributed by atoms with Gasteiger partial charge in [-0.25, -0.2) is 29.9 Å². The predicted octanol–water partition coefficient (Wildman–Crippen LogP) is 6.44. The molecular formula is C34H25GaN8O. The third-order valence-electron chi connectivity index (χ3n) is 7.75. The molecule has 0 atom stereocenters. The minimum atomic E-state index is 0.597. The summed E-state index contributed by atoms with van der Waals surface area (Å²) in [4.78, 5) is 36.8. The van der Waals surface area contributed by atoms with Gasteiger partial charge < -0.3 is 9.97 Å². The van der Waals surface area contributed by atoms with Crippen molar-refractivity contribution < 1.29 is 3.53 Å². The summed E-state index contributed by atoms with van der Waals surface area (Å²) in [6, 6.07) is 32.2. The zero-order valence-electron chi connectivity index (χ0n) is 24.0. The van der Waals surface area contributed by atoms with Crippen LogP contribution in [0.1, 0.15) is 6.92 Å². The minimum Gasteiger partial charge on any atom is -0.324 e. The summed E-state index contributed by atoms with van der Waals surface area (Å²) < 4.78 is 4.73. The van der Waals surface area contributed by atoms with Crippen molar-refractivity contribution in [3.05, 3.63) is 97.1 Å². The summed E-state index contributed by atoms with van der Waals surface area (Å²) in [5, 5.41) is 3.82. The Bertz CT molecular complexity index is 2070. The van der Waals surface area contributed by atoms with Gasteiger partial charge in [-0.15, -0.1) is 0 Å². The van der Waals surface area contributed by atoms with Crippen molar-refractivity contribution >= 4 is 63.1 Å². The molecule has 0 fully saturated rings. The average molecular weight is 631 g/mol. The smallest absolute Gasteiger partial charge is 0.164 e. The second-order valence-electron chi connectivity index (χ2n) is 10.4. The van der Waals surface area contributed by atoms with Crippen LogP contribution in [0.3, 0.4) is 0 Å². The number of fused-ring (bicyclic) bond motifs is 20. The largest absolute Gasteiger partial charge is 0.324 e. The Morgan fingerprint density at radius 2 is 0.705 bits per heavy atom. The van der Waals surface area contributed by atoms with E-state index < -0.39 is 0 Å². The molecule has 0 aliphatic carbocycles. The molecule has 2 aliphatic heterocycles. The third-order valence-corrected chi connectivity index (χ3v) is 8.96. The first-order valence-corrected chi connectivity index (χ1v) is 16.1. The van der Waals surface area contributed by atoms with Gasteiger partial charge in [0.1, 0.15) is 22.6 Å². The van der Waals surface area contributed by atoms with Crippen LogP contribution < -0.4 is 0 Å². The van der Waals surface area contributed by atoms with E-state index in [-0.39, 0.29) is 0 Å². The van der Waals surface area contributed by atoms with Crippen LogP contribution in [0.4, 0.5) is 0 Å². The molecule has 0 saturated carbocycles. The van der Waals surface area contributed by atoms with Gasteiger partial charge in [0.2, 0.25) is 0 Å². The Morgan fingerprint density at radius 3 is 0.955 bits per heavy atom. The molecule has 0 unspecified atom stereocenters. The molecule has 8 bridgehead atoms. The number of aromatic amines is 2. The second-order valence-corrected chi connectivity index (χ2v) is 11.6. The number of rotatable bonds is 1. The van der Waals surface area contributed by atoms with E-state index in [0.717, 1.165) is 50.4 Å². The quantitative estimate of drug-likeness (QED) is 0.200. The number of nitrogens with zero attached hydrogens (tertiary/aromatic N) is 6. The number of hydrogen-bond donors (Lipinski definition) is 2. The van der Waals surface area contributed by atoms with E-state index in [0.29, 0.717) is 64.9 Å². The number of nitrogens with one attached hydrogen (secondary N) is 2. The van der Waals surface area contributed by atoms with Crippen LogP contribution in [0, 0.1) is 0 Å². The summed E-state index contributed by atoms with van der Waals surface area (Å²) in [7, 11) is 0. The van der Waals surface area contributed by atoms with Gasteiger partial charge in [-0.1, -0.05) is 97.1 Å². The molecule has 0 saturated heterocycles. The Morgan fingerprint density at radius 1 is 0.455 bits per heavy atom. The second kappa shape index (κ2) is 10.8. The fourth-order valence-corrected chi connectivity index (χ4v) is 5.59. The van der Waals surface area contributed by atoms with Crippen molar-refractivity contribution in [2.24, 2.45) is 0 Å². The van der Waals surface area contributed by atoms with Crippen LogP contribution in [0.5, 0.6) is 0 Å². The molecule has 44 heavy (non-hydrogen) atoms. The maximum Gasteiger partial charge on any atom is 0.164 e. The van der Waals surface area contributed by atoms with Crippen molar-refractivity contribution in [1.29, 1.82) is 0 Å². The standard InChI is InChI=1S/C32H18N8.C2H5O.Ga.2H/c1-2-10-18-17(9-1)25-33-26(18)38-28-21-13-5-6-14-22(21)30(35-28)40-32-24-16-8-7-15-23(24)31(36-32)39-29-20-12-4-3-11-19(20)27(34-29)37-25;1-2-3;;;/h1-16H,(H2,33,34,35,36,37,38,39,40);2H2,1H3;;;/q;-1;+1;;. The normalized spacial score (nSPS) is 11.6. The molecule has 0 radical (unpaired) electrons. The summed E-state index contributed by atoms with van der Waals surface area (Å²) in [6.07, 6.45) is 0. The zero-order valence-corrected chi connectivity index (χ0v) is 28.2. The van der Waals surface area contributed by atoms with Crippen LogP contribution in [-0.2, 0) is 3.53 Å². The molecule has 2 aliphatic rings. The van der Waals surface area contributed by atoms with Crippen LogP contribution in [0.15, 0.2) is 97.1 Å². The topological polar surface area (TPSA) is 118 Å². The van der Waals surface area contributed by atoms with E-state index in [1.165, 1.54) is 0 Å². The van der Waals surface area contributed by atoms with Crippen molar-refractivity contribution in [2.75, 3.05) is 6.61 Å². The molecule has 2 N–H and O–H groups in total. The fourth-order valence-electron chi connectivity index (χ4n) is 5.59. The molecule has 3 aromatic heterocycles. The van der Waals surface area contributed by atoms with Gasteiger partial charge in [-0.3, -0.25) is 0 Å². The fraction of sp³-hybridized carbons (Fsp3) is 0.0588. The number of H-pyrrole nitrogens is 2. The first kappa shape index (κ1) is 26.5. The van der Waals surface area contributed by atoms with Crippen molar-refractivity contribution in [3.63, 3.8) is 0 Å². The summed E-state index contributed by atoms with van der Waals surface area (Å²) in [6.45, 7) is 2.91.